The van der Waals surface area contributed by atoms with E-state index in [0.717, 1.165) is 12.8 Å². The highest BCUT2D eigenvalue weighted by molar-refractivity contribution is 7.09. The summed E-state index contributed by atoms with van der Waals surface area (Å²) in [6, 6.07) is 6.91. The maximum Gasteiger partial charge on any atom is 0.273 e. The molecular weight excluding hydrogens is 341 g/mol. The van der Waals surface area contributed by atoms with Crippen LogP contribution in [0.5, 0.6) is 0 Å². The van der Waals surface area contributed by atoms with Crippen molar-refractivity contribution >= 4 is 23.2 Å². The number of hydrogen-bond acceptors (Lipinski definition) is 4. The molecule has 130 valence electrons. The van der Waals surface area contributed by atoms with Crippen molar-refractivity contribution in [3.05, 3.63) is 51.7 Å². The van der Waals surface area contributed by atoms with Gasteiger partial charge in [-0.3, -0.25) is 9.59 Å². The van der Waals surface area contributed by atoms with Gasteiger partial charge in [-0.05, 0) is 24.5 Å². The molecule has 2 amide bonds. The highest BCUT2D eigenvalue weighted by atomic mass is 32.1. The standard InChI is InChI=1S/C18H18FN3O2S/c19-14-4-2-1-3-11(14)7-16-21-15(10-25-16)18(24)22-8-12(9-22)17(23)20-13-5-6-13/h1-4,10,12-13H,5-9H2,(H,20,23). The summed E-state index contributed by atoms with van der Waals surface area (Å²) in [4.78, 5) is 30.3. The second kappa shape index (κ2) is 6.55. The number of aromatic nitrogens is 1. The topological polar surface area (TPSA) is 62.3 Å². The van der Waals surface area contributed by atoms with Crippen LogP contribution in [0.3, 0.4) is 0 Å². The van der Waals surface area contributed by atoms with E-state index < -0.39 is 0 Å². The maximum absolute atomic E-state index is 13.7. The summed E-state index contributed by atoms with van der Waals surface area (Å²) in [7, 11) is 0. The number of nitrogens with one attached hydrogen (secondary N) is 1. The van der Waals surface area contributed by atoms with E-state index in [0.29, 0.717) is 41.8 Å². The number of nitrogens with zero attached hydrogens (tertiary/aromatic N) is 2. The van der Waals surface area contributed by atoms with E-state index in [-0.39, 0.29) is 23.5 Å². The number of halogens is 1. The Labute approximate surface area is 148 Å². The van der Waals surface area contributed by atoms with E-state index >= 15 is 0 Å². The highest BCUT2D eigenvalue weighted by Crippen LogP contribution is 2.24. The number of amides is 2. The van der Waals surface area contributed by atoms with Crippen LogP contribution in [0.15, 0.2) is 29.6 Å². The Morgan fingerprint density at radius 1 is 1.28 bits per heavy atom. The predicted molar refractivity (Wildman–Crippen MR) is 91.9 cm³/mol. The van der Waals surface area contributed by atoms with Crippen molar-refractivity contribution < 1.29 is 14.0 Å². The van der Waals surface area contributed by atoms with E-state index in [9.17, 15) is 14.0 Å². The molecule has 1 aromatic carbocycles. The van der Waals surface area contributed by atoms with Gasteiger partial charge in [0.2, 0.25) is 5.91 Å². The number of rotatable bonds is 5. The summed E-state index contributed by atoms with van der Waals surface area (Å²) in [5.74, 6) is -0.490. The number of benzene rings is 1. The number of thiazole rings is 1. The van der Waals surface area contributed by atoms with E-state index in [1.54, 1.807) is 28.5 Å². The van der Waals surface area contributed by atoms with Gasteiger partial charge in [0, 0.05) is 30.9 Å². The lowest BCUT2D eigenvalue weighted by Crippen LogP contribution is -2.56. The largest absolute Gasteiger partial charge is 0.353 e. The molecule has 0 bridgehead atoms. The molecule has 7 heteroatoms. The SMILES string of the molecule is O=C(NC1CC1)C1CN(C(=O)c2csc(Cc3ccccc3F)n2)C1. The van der Waals surface area contributed by atoms with Gasteiger partial charge in [0.05, 0.1) is 10.9 Å². The van der Waals surface area contributed by atoms with Gasteiger partial charge in [0.1, 0.15) is 11.5 Å². The van der Waals surface area contributed by atoms with Crippen LogP contribution in [-0.4, -0.2) is 40.8 Å². The monoisotopic (exact) mass is 359 g/mol. The maximum atomic E-state index is 13.7. The molecule has 0 radical (unpaired) electrons. The zero-order valence-corrected chi connectivity index (χ0v) is 14.4. The molecule has 5 nitrogen and oxygen atoms in total. The normalized spacial score (nSPS) is 17.2. The zero-order valence-electron chi connectivity index (χ0n) is 13.6. The molecule has 0 atom stereocenters. The van der Waals surface area contributed by atoms with Crippen molar-refractivity contribution in [2.75, 3.05) is 13.1 Å². The average molecular weight is 359 g/mol. The lowest BCUT2D eigenvalue weighted by atomic mass is 9.98. The molecule has 1 aliphatic heterocycles. The average Bonchev–Trinajstić information content (AvgIpc) is 3.23. The molecule has 1 aliphatic carbocycles. The van der Waals surface area contributed by atoms with Crippen LogP contribution in [-0.2, 0) is 11.2 Å². The van der Waals surface area contributed by atoms with Gasteiger partial charge in [-0.25, -0.2) is 9.37 Å². The predicted octanol–water partition coefficient (Wildman–Crippen LogP) is 2.22. The molecule has 2 fully saturated rings. The quantitative estimate of drug-likeness (QED) is 0.890. The molecule has 1 aromatic heterocycles. The number of carbonyl (C=O) groups is 2. The Hall–Kier alpha value is -2.28. The van der Waals surface area contributed by atoms with Crippen molar-refractivity contribution in [3.8, 4) is 0 Å². The Bertz CT molecular complexity index is 812. The molecule has 4 rings (SSSR count). The molecule has 25 heavy (non-hydrogen) atoms. The van der Waals surface area contributed by atoms with Crippen LogP contribution < -0.4 is 5.32 Å². The summed E-state index contributed by atoms with van der Waals surface area (Å²) >= 11 is 1.35. The second-order valence-corrected chi connectivity index (χ2v) is 7.53. The smallest absolute Gasteiger partial charge is 0.273 e. The van der Waals surface area contributed by atoms with E-state index in [2.05, 4.69) is 10.3 Å². The summed E-state index contributed by atoms with van der Waals surface area (Å²) in [5.41, 5.74) is 0.939. The summed E-state index contributed by atoms with van der Waals surface area (Å²) in [6.07, 6.45) is 2.49. The zero-order chi connectivity index (χ0) is 17.4. The van der Waals surface area contributed by atoms with Crippen LogP contribution in [0.2, 0.25) is 0 Å². The summed E-state index contributed by atoms with van der Waals surface area (Å²) < 4.78 is 13.7. The first kappa shape index (κ1) is 16.2. The van der Waals surface area contributed by atoms with Gasteiger partial charge in [0.15, 0.2) is 0 Å². The first-order chi connectivity index (χ1) is 12.1. The Kier molecular flexibility index (Phi) is 4.25. The van der Waals surface area contributed by atoms with Gasteiger partial charge in [-0.15, -0.1) is 11.3 Å². The Morgan fingerprint density at radius 2 is 2.04 bits per heavy atom. The van der Waals surface area contributed by atoms with Crippen molar-refractivity contribution in [2.45, 2.75) is 25.3 Å². The van der Waals surface area contributed by atoms with Crippen LogP contribution >= 0.6 is 11.3 Å². The van der Waals surface area contributed by atoms with Crippen LogP contribution in [0.25, 0.3) is 0 Å². The number of likely N-dealkylation sites (tertiary alicyclic amines) is 1. The molecule has 0 spiro atoms. The molecule has 1 saturated heterocycles. The number of carbonyl (C=O) groups excluding carboxylic acids is 2. The summed E-state index contributed by atoms with van der Waals surface area (Å²) in [5, 5.41) is 5.38. The first-order valence-electron chi connectivity index (χ1n) is 8.37. The molecule has 2 aliphatic rings. The third-order valence-electron chi connectivity index (χ3n) is 4.53. The van der Waals surface area contributed by atoms with Crippen molar-refractivity contribution in [1.82, 2.24) is 15.2 Å². The molecule has 0 unspecified atom stereocenters. The van der Waals surface area contributed by atoms with E-state index in [4.69, 9.17) is 0 Å². The third kappa shape index (κ3) is 3.56. The lowest BCUT2D eigenvalue weighted by molar-refractivity contribution is -0.129. The number of hydrogen-bond donors (Lipinski definition) is 1. The highest BCUT2D eigenvalue weighted by Gasteiger charge is 2.38. The van der Waals surface area contributed by atoms with Gasteiger partial charge in [0.25, 0.3) is 5.91 Å². The van der Waals surface area contributed by atoms with E-state index in [1.807, 2.05) is 0 Å². The van der Waals surface area contributed by atoms with E-state index in [1.165, 1.54) is 17.4 Å². The minimum atomic E-state index is -0.266. The van der Waals surface area contributed by atoms with Crippen LogP contribution in [0.4, 0.5) is 4.39 Å². The third-order valence-corrected chi connectivity index (χ3v) is 5.38. The molecule has 2 heterocycles. The Balaban J connectivity index is 1.33. The van der Waals surface area contributed by atoms with Crippen molar-refractivity contribution in [3.63, 3.8) is 0 Å². The fraction of sp³-hybridized carbons (Fsp3) is 0.389. The molecular formula is C18H18FN3O2S. The minimum Gasteiger partial charge on any atom is -0.353 e. The molecule has 1 saturated carbocycles. The minimum absolute atomic E-state index is 0.0464. The Morgan fingerprint density at radius 3 is 2.76 bits per heavy atom. The van der Waals surface area contributed by atoms with Gasteiger partial charge < -0.3 is 10.2 Å². The summed E-state index contributed by atoms with van der Waals surface area (Å²) in [6.45, 7) is 0.884. The first-order valence-corrected chi connectivity index (χ1v) is 9.25. The van der Waals surface area contributed by atoms with Gasteiger partial charge in [-0.1, -0.05) is 18.2 Å². The fourth-order valence-electron chi connectivity index (χ4n) is 2.81. The van der Waals surface area contributed by atoms with Gasteiger partial charge >= 0.3 is 0 Å². The van der Waals surface area contributed by atoms with Crippen LogP contribution in [0.1, 0.15) is 33.9 Å². The molecule has 2 aromatic rings. The van der Waals surface area contributed by atoms with Gasteiger partial charge in [-0.2, -0.15) is 0 Å². The lowest BCUT2D eigenvalue weighted by Gasteiger charge is -2.37. The fourth-order valence-corrected chi connectivity index (χ4v) is 3.61. The van der Waals surface area contributed by atoms with Crippen molar-refractivity contribution in [1.29, 1.82) is 0 Å². The molecule has 1 N–H and O–H groups in total. The second-order valence-electron chi connectivity index (χ2n) is 6.58. The van der Waals surface area contributed by atoms with Crippen molar-refractivity contribution in [2.24, 2.45) is 5.92 Å². The van der Waals surface area contributed by atoms with Crippen LogP contribution in [0, 0.1) is 11.7 Å².